The third kappa shape index (κ3) is 3.77. The van der Waals surface area contributed by atoms with E-state index in [0.29, 0.717) is 0 Å². The topological polar surface area (TPSA) is 17.0 Å². The molecule has 0 amide bonds. The maximum Gasteiger partial charge on any atom is 0.0482 e. The summed E-state index contributed by atoms with van der Waals surface area (Å²) in [7, 11) is 0. The SMILES string of the molecule is CCNCc1cc2ccccc2n1CCCSCC. The van der Waals surface area contributed by atoms with E-state index in [0.717, 1.165) is 19.6 Å². The number of fused-ring (bicyclic) bond motifs is 1. The number of benzene rings is 1. The number of nitrogens with one attached hydrogen (secondary N) is 1. The molecule has 0 unspecified atom stereocenters. The highest BCUT2D eigenvalue weighted by molar-refractivity contribution is 7.99. The van der Waals surface area contributed by atoms with Crippen LogP contribution in [0.1, 0.15) is 26.0 Å². The fraction of sp³-hybridized carbons (Fsp3) is 0.500. The van der Waals surface area contributed by atoms with Gasteiger partial charge in [0.1, 0.15) is 0 Å². The quantitative estimate of drug-likeness (QED) is 0.737. The molecule has 104 valence electrons. The van der Waals surface area contributed by atoms with Gasteiger partial charge in [-0.25, -0.2) is 0 Å². The smallest absolute Gasteiger partial charge is 0.0482 e. The number of hydrogen-bond donors (Lipinski definition) is 1. The molecule has 2 rings (SSSR count). The van der Waals surface area contributed by atoms with Crippen molar-refractivity contribution in [3.8, 4) is 0 Å². The Morgan fingerprint density at radius 1 is 1.21 bits per heavy atom. The van der Waals surface area contributed by atoms with Crippen LogP contribution in [0.3, 0.4) is 0 Å². The van der Waals surface area contributed by atoms with E-state index < -0.39 is 0 Å². The summed E-state index contributed by atoms with van der Waals surface area (Å²) in [4.78, 5) is 0. The molecule has 0 bridgehead atoms. The summed E-state index contributed by atoms with van der Waals surface area (Å²) in [5.74, 6) is 2.47. The van der Waals surface area contributed by atoms with Crippen LogP contribution in [-0.2, 0) is 13.1 Å². The Morgan fingerprint density at radius 2 is 2.05 bits per heavy atom. The zero-order valence-corrected chi connectivity index (χ0v) is 12.8. The van der Waals surface area contributed by atoms with Gasteiger partial charge in [-0.15, -0.1) is 0 Å². The molecule has 1 N–H and O–H groups in total. The largest absolute Gasteiger partial charge is 0.343 e. The first-order valence-corrected chi connectivity index (χ1v) is 8.38. The van der Waals surface area contributed by atoms with Crippen molar-refractivity contribution in [2.24, 2.45) is 0 Å². The van der Waals surface area contributed by atoms with Crippen LogP contribution < -0.4 is 5.32 Å². The number of thioether (sulfide) groups is 1. The normalized spacial score (nSPS) is 11.3. The van der Waals surface area contributed by atoms with Crippen LogP contribution in [0.2, 0.25) is 0 Å². The molecule has 0 fully saturated rings. The summed E-state index contributed by atoms with van der Waals surface area (Å²) in [5.41, 5.74) is 2.78. The molecule has 19 heavy (non-hydrogen) atoms. The highest BCUT2D eigenvalue weighted by atomic mass is 32.2. The molecule has 3 heteroatoms. The molecule has 1 aromatic carbocycles. The second-order valence-corrected chi connectivity index (χ2v) is 6.07. The molecule has 2 aromatic rings. The van der Waals surface area contributed by atoms with Gasteiger partial charge in [-0.3, -0.25) is 0 Å². The Hall–Kier alpha value is -0.930. The Bertz CT molecular complexity index is 504. The van der Waals surface area contributed by atoms with Crippen molar-refractivity contribution in [1.82, 2.24) is 9.88 Å². The van der Waals surface area contributed by atoms with Gasteiger partial charge in [-0.05, 0) is 42.0 Å². The van der Waals surface area contributed by atoms with Gasteiger partial charge >= 0.3 is 0 Å². The van der Waals surface area contributed by atoms with Crippen LogP contribution in [0.15, 0.2) is 30.3 Å². The van der Waals surface area contributed by atoms with Gasteiger partial charge in [0.25, 0.3) is 0 Å². The Morgan fingerprint density at radius 3 is 2.84 bits per heavy atom. The van der Waals surface area contributed by atoms with Crippen molar-refractivity contribution in [1.29, 1.82) is 0 Å². The Balaban J connectivity index is 2.16. The van der Waals surface area contributed by atoms with Crippen molar-refractivity contribution in [2.45, 2.75) is 33.4 Å². The van der Waals surface area contributed by atoms with E-state index in [2.05, 4.69) is 54.1 Å². The molecule has 0 aliphatic heterocycles. The zero-order valence-electron chi connectivity index (χ0n) is 12.0. The van der Waals surface area contributed by atoms with E-state index in [1.54, 1.807) is 0 Å². The predicted molar refractivity (Wildman–Crippen MR) is 86.9 cm³/mol. The minimum Gasteiger partial charge on any atom is -0.343 e. The summed E-state index contributed by atoms with van der Waals surface area (Å²) in [6.07, 6.45) is 1.25. The van der Waals surface area contributed by atoms with Gasteiger partial charge in [0.2, 0.25) is 0 Å². The fourth-order valence-electron chi connectivity index (χ4n) is 2.40. The minimum absolute atomic E-state index is 0.964. The maximum atomic E-state index is 3.44. The van der Waals surface area contributed by atoms with E-state index in [-0.39, 0.29) is 0 Å². The summed E-state index contributed by atoms with van der Waals surface area (Å²) in [6, 6.07) is 11.0. The van der Waals surface area contributed by atoms with Gasteiger partial charge in [0.05, 0.1) is 0 Å². The number of hydrogen-bond acceptors (Lipinski definition) is 2. The highest BCUT2D eigenvalue weighted by Gasteiger charge is 2.07. The summed E-state index contributed by atoms with van der Waals surface area (Å²) in [6.45, 7) is 7.50. The summed E-state index contributed by atoms with van der Waals surface area (Å²) < 4.78 is 2.48. The number of aryl methyl sites for hydroxylation is 1. The summed E-state index contributed by atoms with van der Waals surface area (Å²) in [5, 5.41) is 4.80. The van der Waals surface area contributed by atoms with Crippen molar-refractivity contribution >= 4 is 22.7 Å². The third-order valence-electron chi connectivity index (χ3n) is 3.33. The van der Waals surface area contributed by atoms with Crippen LogP contribution >= 0.6 is 11.8 Å². The van der Waals surface area contributed by atoms with Crippen LogP contribution in [-0.4, -0.2) is 22.6 Å². The molecule has 1 aromatic heterocycles. The zero-order chi connectivity index (χ0) is 13.5. The molecule has 1 heterocycles. The molecule has 0 radical (unpaired) electrons. The second-order valence-electron chi connectivity index (χ2n) is 4.68. The molecular formula is C16H24N2S. The number of para-hydroxylation sites is 1. The first-order valence-electron chi connectivity index (χ1n) is 7.22. The monoisotopic (exact) mass is 276 g/mol. The van der Waals surface area contributed by atoms with Gasteiger partial charge in [-0.2, -0.15) is 11.8 Å². The number of rotatable bonds is 8. The van der Waals surface area contributed by atoms with E-state index in [9.17, 15) is 0 Å². The lowest BCUT2D eigenvalue weighted by atomic mass is 10.2. The average Bonchev–Trinajstić information content (AvgIpc) is 2.79. The lowest BCUT2D eigenvalue weighted by molar-refractivity contribution is 0.628. The number of aromatic nitrogens is 1. The fourth-order valence-corrected chi connectivity index (χ4v) is 3.02. The summed E-state index contributed by atoms with van der Waals surface area (Å²) >= 11 is 2.03. The Kier molecular flexibility index (Phi) is 5.80. The van der Waals surface area contributed by atoms with E-state index in [1.165, 1.54) is 34.5 Å². The standard InChI is InChI=1S/C16H24N2S/c1-3-17-13-15-12-14-8-5-6-9-16(14)18(15)10-7-11-19-4-2/h5-6,8-9,12,17H,3-4,7,10-11,13H2,1-2H3. The van der Waals surface area contributed by atoms with Crippen LogP contribution in [0.5, 0.6) is 0 Å². The van der Waals surface area contributed by atoms with Crippen molar-refractivity contribution < 1.29 is 0 Å². The first-order chi connectivity index (χ1) is 9.36. The lowest BCUT2D eigenvalue weighted by Gasteiger charge is -2.11. The predicted octanol–water partition coefficient (Wildman–Crippen LogP) is 3.89. The van der Waals surface area contributed by atoms with Crippen molar-refractivity contribution in [3.63, 3.8) is 0 Å². The average molecular weight is 276 g/mol. The van der Waals surface area contributed by atoms with Crippen LogP contribution in [0.25, 0.3) is 10.9 Å². The van der Waals surface area contributed by atoms with Gasteiger partial charge < -0.3 is 9.88 Å². The second kappa shape index (κ2) is 7.61. The highest BCUT2D eigenvalue weighted by Crippen LogP contribution is 2.20. The molecule has 0 saturated heterocycles. The molecule has 0 aliphatic rings. The number of nitrogens with zero attached hydrogens (tertiary/aromatic N) is 1. The first kappa shape index (κ1) is 14.5. The Labute approximate surface area is 120 Å². The van der Waals surface area contributed by atoms with Crippen LogP contribution in [0.4, 0.5) is 0 Å². The van der Waals surface area contributed by atoms with E-state index in [1.807, 2.05) is 11.8 Å². The molecule has 0 saturated carbocycles. The molecular weight excluding hydrogens is 252 g/mol. The van der Waals surface area contributed by atoms with Gasteiger partial charge in [0, 0.05) is 24.3 Å². The minimum atomic E-state index is 0.964. The molecule has 0 aliphatic carbocycles. The molecule has 0 spiro atoms. The van der Waals surface area contributed by atoms with E-state index >= 15 is 0 Å². The molecule has 2 nitrogen and oxygen atoms in total. The van der Waals surface area contributed by atoms with Crippen LogP contribution in [0, 0.1) is 0 Å². The lowest BCUT2D eigenvalue weighted by Crippen LogP contribution is -2.15. The molecule has 0 atom stereocenters. The van der Waals surface area contributed by atoms with Gasteiger partial charge in [0.15, 0.2) is 0 Å². The van der Waals surface area contributed by atoms with Gasteiger partial charge in [-0.1, -0.05) is 32.0 Å². The van der Waals surface area contributed by atoms with Crippen molar-refractivity contribution in [3.05, 3.63) is 36.0 Å². The third-order valence-corrected chi connectivity index (χ3v) is 4.31. The van der Waals surface area contributed by atoms with Crippen molar-refractivity contribution in [2.75, 3.05) is 18.1 Å². The van der Waals surface area contributed by atoms with E-state index in [4.69, 9.17) is 0 Å². The maximum absolute atomic E-state index is 3.44.